The minimum atomic E-state index is 0.0173. The Balaban J connectivity index is 2.26. The summed E-state index contributed by atoms with van der Waals surface area (Å²) in [5, 5.41) is 6.55. The minimum Gasteiger partial charge on any atom is -0.355 e. The highest BCUT2D eigenvalue weighted by atomic mass is 16.2. The molecule has 1 aliphatic rings. The predicted molar refractivity (Wildman–Crippen MR) is 75.7 cm³/mol. The smallest absolute Gasteiger partial charge is 0.237 e. The second-order valence-electron chi connectivity index (χ2n) is 5.23. The molecular weight excluding hydrogens is 226 g/mol. The zero-order chi connectivity index (χ0) is 13.4. The Morgan fingerprint density at radius 3 is 2.39 bits per heavy atom. The topological polar surface area (TPSA) is 44.4 Å². The highest BCUT2D eigenvalue weighted by molar-refractivity contribution is 5.81. The molecule has 4 heteroatoms. The van der Waals surface area contributed by atoms with Crippen LogP contribution < -0.4 is 10.6 Å². The second kappa shape index (κ2) is 8.48. The maximum absolute atomic E-state index is 11.9. The van der Waals surface area contributed by atoms with Gasteiger partial charge in [0.05, 0.1) is 6.04 Å². The summed E-state index contributed by atoms with van der Waals surface area (Å²) in [5.74, 6) is 0.178. The van der Waals surface area contributed by atoms with E-state index in [0.717, 1.165) is 45.4 Å². The molecule has 4 nitrogen and oxygen atoms in total. The molecule has 1 rings (SSSR count). The van der Waals surface area contributed by atoms with Crippen molar-refractivity contribution in [3.05, 3.63) is 0 Å². The number of piperidine rings is 1. The standard InChI is InChI=1S/C14H29N3O/c1-4-8-15-13-6-10-17(11-7-13)12(3)14(18)16-9-5-2/h12-13,15H,4-11H2,1-3H3,(H,16,18). The molecule has 1 aliphatic heterocycles. The lowest BCUT2D eigenvalue weighted by Gasteiger charge is -2.35. The third kappa shape index (κ3) is 4.94. The molecule has 0 aromatic rings. The summed E-state index contributed by atoms with van der Waals surface area (Å²) in [6.45, 7) is 10.3. The van der Waals surface area contributed by atoms with E-state index in [-0.39, 0.29) is 11.9 Å². The van der Waals surface area contributed by atoms with E-state index in [0.29, 0.717) is 6.04 Å². The molecular formula is C14H29N3O. The summed E-state index contributed by atoms with van der Waals surface area (Å²) in [5.41, 5.74) is 0. The largest absolute Gasteiger partial charge is 0.355 e. The van der Waals surface area contributed by atoms with Gasteiger partial charge in [0.1, 0.15) is 0 Å². The van der Waals surface area contributed by atoms with Gasteiger partial charge < -0.3 is 10.6 Å². The third-order valence-corrected chi connectivity index (χ3v) is 3.69. The normalized spacial score (nSPS) is 19.7. The second-order valence-corrected chi connectivity index (χ2v) is 5.23. The van der Waals surface area contributed by atoms with Crippen LogP contribution in [0.5, 0.6) is 0 Å². The van der Waals surface area contributed by atoms with Gasteiger partial charge in [-0.3, -0.25) is 9.69 Å². The van der Waals surface area contributed by atoms with E-state index in [9.17, 15) is 4.79 Å². The monoisotopic (exact) mass is 255 g/mol. The van der Waals surface area contributed by atoms with Gasteiger partial charge in [0.2, 0.25) is 5.91 Å². The number of rotatable bonds is 7. The average molecular weight is 255 g/mol. The molecule has 18 heavy (non-hydrogen) atoms. The van der Waals surface area contributed by atoms with Crippen LogP contribution in [0.25, 0.3) is 0 Å². The summed E-state index contributed by atoms with van der Waals surface area (Å²) in [6.07, 6.45) is 4.51. The SMILES string of the molecule is CCCNC(=O)C(C)N1CCC(NCCC)CC1. The maximum atomic E-state index is 11.9. The zero-order valence-electron chi connectivity index (χ0n) is 12.2. The number of carbonyl (C=O) groups excluding carboxylic acids is 1. The van der Waals surface area contributed by atoms with Crippen molar-refractivity contribution in [1.82, 2.24) is 15.5 Å². The van der Waals surface area contributed by atoms with Crippen molar-refractivity contribution in [2.75, 3.05) is 26.2 Å². The summed E-state index contributed by atoms with van der Waals surface area (Å²) in [4.78, 5) is 14.2. The van der Waals surface area contributed by atoms with Gasteiger partial charge in [-0.2, -0.15) is 0 Å². The number of hydrogen-bond donors (Lipinski definition) is 2. The van der Waals surface area contributed by atoms with Crippen LogP contribution in [0, 0.1) is 0 Å². The average Bonchev–Trinajstić information content (AvgIpc) is 2.42. The van der Waals surface area contributed by atoms with Crippen LogP contribution in [-0.2, 0) is 4.79 Å². The Bertz CT molecular complexity index is 237. The quantitative estimate of drug-likeness (QED) is 0.722. The fourth-order valence-electron chi connectivity index (χ4n) is 2.40. The highest BCUT2D eigenvalue weighted by Gasteiger charge is 2.25. The Kier molecular flexibility index (Phi) is 7.28. The summed E-state index contributed by atoms with van der Waals surface area (Å²) in [7, 11) is 0. The fourth-order valence-corrected chi connectivity index (χ4v) is 2.40. The van der Waals surface area contributed by atoms with Gasteiger partial charge in [0, 0.05) is 25.7 Å². The Labute approximate surface area is 111 Å². The van der Waals surface area contributed by atoms with E-state index in [2.05, 4.69) is 29.4 Å². The molecule has 2 N–H and O–H groups in total. The number of nitrogens with one attached hydrogen (secondary N) is 2. The van der Waals surface area contributed by atoms with Crippen molar-refractivity contribution in [3.8, 4) is 0 Å². The van der Waals surface area contributed by atoms with Crippen LogP contribution in [0.2, 0.25) is 0 Å². The zero-order valence-corrected chi connectivity index (χ0v) is 12.2. The van der Waals surface area contributed by atoms with E-state index in [1.807, 2.05) is 6.92 Å². The van der Waals surface area contributed by atoms with Crippen molar-refractivity contribution in [2.24, 2.45) is 0 Å². The molecule has 0 aliphatic carbocycles. The predicted octanol–water partition coefficient (Wildman–Crippen LogP) is 1.37. The van der Waals surface area contributed by atoms with Gasteiger partial charge in [0.25, 0.3) is 0 Å². The van der Waals surface area contributed by atoms with Crippen LogP contribution >= 0.6 is 0 Å². The van der Waals surface area contributed by atoms with Crippen molar-refractivity contribution in [3.63, 3.8) is 0 Å². The first kappa shape index (κ1) is 15.4. The summed E-state index contributed by atoms with van der Waals surface area (Å²) < 4.78 is 0. The van der Waals surface area contributed by atoms with E-state index >= 15 is 0 Å². The fraction of sp³-hybridized carbons (Fsp3) is 0.929. The van der Waals surface area contributed by atoms with Crippen LogP contribution in [0.4, 0.5) is 0 Å². The molecule has 0 radical (unpaired) electrons. The van der Waals surface area contributed by atoms with Crippen LogP contribution in [0.1, 0.15) is 46.5 Å². The van der Waals surface area contributed by atoms with E-state index in [4.69, 9.17) is 0 Å². The van der Waals surface area contributed by atoms with Crippen LogP contribution in [0.15, 0.2) is 0 Å². The lowest BCUT2D eigenvalue weighted by atomic mass is 10.0. The number of carbonyl (C=O) groups is 1. The maximum Gasteiger partial charge on any atom is 0.237 e. The molecule has 1 amide bonds. The van der Waals surface area contributed by atoms with E-state index < -0.39 is 0 Å². The molecule has 0 saturated carbocycles. The molecule has 0 bridgehead atoms. The van der Waals surface area contributed by atoms with Crippen molar-refractivity contribution in [1.29, 1.82) is 0 Å². The molecule has 106 valence electrons. The van der Waals surface area contributed by atoms with Gasteiger partial charge in [-0.25, -0.2) is 0 Å². The molecule has 1 fully saturated rings. The number of amides is 1. The molecule has 1 saturated heterocycles. The first-order valence-corrected chi connectivity index (χ1v) is 7.44. The van der Waals surface area contributed by atoms with Crippen molar-refractivity contribution in [2.45, 2.75) is 58.5 Å². The third-order valence-electron chi connectivity index (χ3n) is 3.69. The lowest BCUT2D eigenvalue weighted by molar-refractivity contribution is -0.126. The molecule has 0 aromatic carbocycles. The molecule has 1 atom stereocenters. The Morgan fingerprint density at radius 2 is 1.83 bits per heavy atom. The Hall–Kier alpha value is -0.610. The first-order chi connectivity index (χ1) is 8.69. The number of nitrogens with zero attached hydrogens (tertiary/aromatic N) is 1. The highest BCUT2D eigenvalue weighted by Crippen LogP contribution is 2.13. The minimum absolute atomic E-state index is 0.0173. The van der Waals surface area contributed by atoms with Gasteiger partial charge in [0.15, 0.2) is 0 Å². The lowest BCUT2D eigenvalue weighted by Crippen LogP contribution is -2.51. The van der Waals surface area contributed by atoms with Crippen molar-refractivity contribution < 1.29 is 4.79 Å². The summed E-state index contributed by atoms with van der Waals surface area (Å²) >= 11 is 0. The van der Waals surface area contributed by atoms with E-state index in [1.54, 1.807) is 0 Å². The Morgan fingerprint density at radius 1 is 1.22 bits per heavy atom. The van der Waals surface area contributed by atoms with E-state index in [1.165, 1.54) is 6.42 Å². The van der Waals surface area contributed by atoms with Gasteiger partial charge in [-0.15, -0.1) is 0 Å². The van der Waals surface area contributed by atoms with Gasteiger partial charge in [-0.1, -0.05) is 13.8 Å². The molecule has 1 heterocycles. The van der Waals surface area contributed by atoms with Crippen molar-refractivity contribution >= 4 is 5.91 Å². The van der Waals surface area contributed by atoms with Gasteiger partial charge in [-0.05, 0) is 39.2 Å². The van der Waals surface area contributed by atoms with Crippen LogP contribution in [-0.4, -0.2) is 49.1 Å². The molecule has 1 unspecified atom stereocenters. The number of hydrogen-bond acceptors (Lipinski definition) is 3. The first-order valence-electron chi connectivity index (χ1n) is 7.44. The van der Waals surface area contributed by atoms with Gasteiger partial charge >= 0.3 is 0 Å². The van der Waals surface area contributed by atoms with Crippen LogP contribution in [0.3, 0.4) is 0 Å². The molecule has 0 aromatic heterocycles. The summed E-state index contributed by atoms with van der Waals surface area (Å²) in [6, 6.07) is 0.663. The number of likely N-dealkylation sites (tertiary alicyclic amines) is 1. The molecule has 0 spiro atoms.